The van der Waals surface area contributed by atoms with Crippen LogP contribution < -0.4 is 5.73 Å². The number of amides is 1. The quantitative estimate of drug-likeness (QED) is 0.456. The smallest absolute Gasteiger partial charge is 0.286 e. The van der Waals surface area contributed by atoms with Gasteiger partial charge in [-0.1, -0.05) is 72.3 Å². The third-order valence-corrected chi connectivity index (χ3v) is 4.95. The first-order valence-corrected chi connectivity index (χ1v) is 9.61. The van der Waals surface area contributed by atoms with Crippen molar-refractivity contribution < 1.29 is 4.79 Å². The maximum Gasteiger partial charge on any atom is 0.286 e. The van der Waals surface area contributed by atoms with E-state index >= 15 is 0 Å². The highest BCUT2D eigenvalue weighted by Crippen LogP contribution is 2.26. The minimum atomic E-state index is -0.709. The first-order valence-electron chi connectivity index (χ1n) is 9.23. The van der Waals surface area contributed by atoms with Crippen molar-refractivity contribution in [3.05, 3.63) is 94.5 Å². The van der Waals surface area contributed by atoms with E-state index in [0.717, 1.165) is 18.7 Å². The monoisotopic (exact) mass is 405 g/mol. The lowest BCUT2D eigenvalue weighted by molar-refractivity contribution is 0.0990. The Morgan fingerprint density at radius 1 is 0.931 bits per heavy atom. The summed E-state index contributed by atoms with van der Waals surface area (Å²) in [5, 5.41) is 0.933. The Bertz CT molecular complexity index is 1090. The number of primary amides is 1. The number of aromatic nitrogens is 3. The van der Waals surface area contributed by atoms with Crippen molar-refractivity contribution >= 4 is 28.5 Å². The molecule has 146 valence electrons. The van der Waals surface area contributed by atoms with Gasteiger partial charge in [-0.25, -0.2) is 9.97 Å². The lowest BCUT2D eigenvalue weighted by Gasteiger charge is -2.22. The maximum atomic E-state index is 11.4. The largest absolute Gasteiger partial charge is 0.363 e. The van der Waals surface area contributed by atoms with Crippen molar-refractivity contribution in [2.75, 3.05) is 0 Å². The van der Waals surface area contributed by atoms with Crippen LogP contribution in [0.25, 0.3) is 11.0 Å². The molecule has 6 nitrogen and oxygen atoms in total. The zero-order valence-corrected chi connectivity index (χ0v) is 16.4. The van der Waals surface area contributed by atoms with Crippen LogP contribution in [0.2, 0.25) is 5.15 Å². The predicted octanol–water partition coefficient (Wildman–Crippen LogP) is 3.91. The minimum absolute atomic E-state index is 0.0960. The van der Waals surface area contributed by atoms with Crippen LogP contribution in [0, 0.1) is 0 Å². The molecule has 0 spiro atoms. The Morgan fingerprint density at radius 2 is 1.52 bits per heavy atom. The van der Waals surface area contributed by atoms with Gasteiger partial charge in [0.1, 0.15) is 10.8 Å². The molecule has 2 aromatic heterocycles. The van der Waals surface area contributed by atoms with Gasteiger partial charge in [-0.05, 0) is 16.7 Å². The van der Waals surface area contributed by atoms with Gasteiger partial charge in [-0.2, -0.15) is 0 Å². The van der Waals surface area contributed by atoms with Crippen LogP contribution in [0.1, 0.15) is 27.3 Å². The summed E-state index contributed by atoms with van der Waals surface area (Å²) in [7, 11) is 0. The molecule has 7 heteroatoms. The average Bonchev–Trinajstić information content (AvgIpc) is 3.12. The molecule has 1 amide bonds. The fourth-order valence-electron chi connectivity index (χ4n) is 3.38. The van der Waals surface area contributed by atoms with Gasteiger partial charge in [0.25, 0.3) is 5.91 Å². The maximum absolute atomic E-state index is 11.4. The van der Waals surface area contributed by atoms with E-state index < -0.39 is 5.91 Å². The SMILES string of the molecule is NC(=O)c1nc(Cl)c2c(CN(Cc3ccccc3)Cc3ccccc3)c[nH]c2n1. The van der Waals surface area contributed by atoms with E-state index in [9.17, 15) is 4.79 Å². The van der Waals surface area contributed by atoms with Crippen molar-refractivity contribution in [3.63, 3.8) is 0 Å². The molecule has 0 unspecified atom stereocenters. The van der Waals surface area contributed by atoms with E-state index in [1.54, 1.807) is 0 Å². The number of hydrogen-bond donors (Lipinski definition) is 2. The number of halogens is 1. The van der Waals surface area contributed by atoms with Gasteiger partial charge < -0.3 is 10.7 Å². The molecule has 4 rings (SSSR count). The Hall–Kier alpha value is -3.22. The van der Waals surface area contributed by atoms with Gasteiger partial charge in [0.2, 0.25) is 5.82 Å². The average molecular weight is 406 g/mol. The van der Waals surface area contributed by atoms with E-state index in [2.05, 4.69) is 44.1 Å². The lowest BCUT2D eigenvalue weighted by Crippen LogP contribution is -2.22. The Kier molecular flexibility index (Phi) is 5.55. The Balaban J connectivity index is 1.65. The highest BCUT2D eigenvalue weighted by atomic mass is 35.5. The number of aromatic amines is 1. The van der Waals surface area contributed by atoms with Crippen molar-refractivity contribution in [1.82, 2.24) is 19.9 Å². The van der Waals surface area contributed by atoms with E-state index in [1.165, 1.54) is 11.1 Å². The first kappa shape index (κ1) is 19.1. The van der Waals surface area contributed by atoms with Crippen molar-refractivity contribution in [3.8, 4) is 0 Å². The van der Waals surface area contributed by atoms with E-state index in [0.29, 0.717) is 17.6 Å². The molecule has 3 N–H and O–H groups in total. The predicted molar refractivity (Wildman–Crippen MR) is 113 cm³/mol. The Labute approximate surface area is 173 Å². The molecule has 0 saturated carbocycles. The van der Waals surface area contributed by atoms with E-state index in [-0.39, 0.29) is 11.0 Å². The molecule has 4 aromatic rings. The Morgan fingerprint density at radius 3 is 2.07 bits per heavy atom. The van der Waals surface area contributed by atoms with Crippen LogP contribution in [-0.2, 0) is 19.6 Å². The third kappa shape index (κ3) is 4.45. The molecular formula is C22H20ClN5O. The summed E-state index contributed by atoms with van der Waals surface area (Å²) in [5.41, 5.74) is 9.21. The zero-order valence-electron chi connectivity index (χ0n) is 15.7. The molecule has 0 aliphatic carbocycles. The van der Waals surface area contributed by atoms with E-state index in [4.69, 9.17) is 17.3 Å². The van der Waals surface area contributed by atoms with Crippen LogP contribution in [0.4, 0.5) is 0 Å². The van der Waals surface area contributed by atoms with Crippen LogP contribution >= 0.6 is 11.6 Å². The van der Waals surface area contributed by atoms with Gasteiger partial charge in [0, 0.05) is 25.8 Å². The van der Waals surface area contributed by atoms with Crippen LogP contribution in [0.3, 0.4) is 0 Å². The fraction of sp³-hybridized carbons (Fsp3) is 0.136. The second-order valence-electron chi connectivity index (χ2n) is 6.86. The summed E-state index contributed by atoms with van der Waals surface area (Å²) in [6.07, 6.45) is 1.86. The third-order valence-electron chi connectivity index (χ3n) is 4.68. The number of hydrogen-bond acceptors (Lipinski definition) is 4. The summed E-state index contributed by atoms with van der Waals surface area (Å²) in [6, 6.07) is 20.6. The summed E-state index contributed by atoms with van der Waals surface area (Å²) in [6.45, 7) is 2.20. The topological polar surface area (TPSA) is 87.9 Å². The molecule has 0 atom stereocenters. The van der Waals surface area contributed by atoms with Gasteiger partial charge in [-0.3, -0.25) is 9.69 Å². The van der Waals surface area contributed by atoms with Crippen molar-refractivity contribution in [1.29, 1.82) is 0 Å². The molecular weight excluding hydrogens is 386 g/mol. The second-order valence-corrected chi connectivity index (χ2v) is 7.21. The summed E-state index contributed by atoms with van der Waals surface area (Å²) >= 11 is 6.36. The highest BCUT2D eigenvalue weighted by Gasteiger charge is 2.17. The fourth-order valence-corrected chi connectivity index (χ4v) is 3.67. The second kappa shape index (κ2) is 8.43. The molecule has 2 heterocycles. The summed E-state index contributed by atoms with van der Waals surface area (Å²) in [5.74, 6) is -0.805. The van der Waals surface area contributed by atoms with Crippen LogP contribution in [-0.4, -0.2) is 25.8 Å². The van der Waals surface area contributed by atoms with Crippen LogP contribution in [0.5, 0.6) is 0 Å². The molecule has 0 aliphatic rings. The molecule has 0 bridgehead atoms. The number of carbonyl (C=O) groups is 1. The summed E-state index contributed by atoms with van der Waals surface area (Å²) in [4.78, 5) is 25.1. The highest BCUT2D eigenvalue weighted by molar-refractivity contribution is 6.34. The number of H-pyrrole nitrogens is 1. The van der Waals surface area contributed by atoms with Gasteiger partial charge in [0.15, 0.2) is 0 Å². The van der Waals surface area contributed by atoms with Crippen molar-refractivity contribution in [2.24, 2.45) is 5.73 Å². The van der Waals surface area contributed by atoms with E-state index in [1.807, 2.05) is 42.6 Å². The molecule has 2 aromatic carbocycles. The van der Waals surface area contributed by atoms with Crippen LogP contribution in [0.15, 0.2) is 66.9 Å². The first-order chi connectivity index (χ1) is 14.1. The standard InChI is InChI=1S/C22H20ClN5O/c23-19-18-17(11-25-21(18)27-22(26-19)20(24)29)14-28(12-15-7-3-1-4-8-15)13-16-9-5-2-6-10-16/h1-11H,12-14H2,(H2,24,29)(H,25,26,27). The number of nitrogens with one attached hydrogen (secondary N) is 1. The molecule has 0 fully saturated rings. The van der Waals surface area contributed by atoms with Gasteiger partial charge >= 0.3 is 0 Å². The van der Waals surface area contributed by atoms with Gasteiger partial charge in [-0.15, -0.1) is 0 Å². The van der Waals surface area contributed by atoms with Gasteiger partial charge in [0.05, 0.1) is 5.39 Å². The number of carbonyl (C=O) groups excluding carboxylic acids is 1. The number of rotatable bonds is 7. The minimum Gasteiger partial charge on any atom is -0.363 e. The van der Waals surface area contributed by atoms with Crippen molar-refractivity contribution in [2.45, 2.75) is 19.6 Å². The number of nitrogens with zero attached hydrogens (tertiary/aromatic N) is 3. The zero-order chi connectivity index (χ0) is 20.2. The summed E-state index contributed by atoms with van der Waals surface area (Å²) < 4.78 is 0. The molecule has 0 saturated heterocycles. The number of fused-ring (bicyclic) bond motifs is 1. The normalized spacial score (nSPS) is 11.2. The molecule has 29 heavy (non-hydrogen) atoms. The number of benzene rings is 2. The number of nitrogens with two attached hydrogens (primary N) is 1. The lowest BCUT2D eigenvalue weighted by atomic mass is 10.1. The molecule has 0 radical (unpaired) electrons. The molecule has 0 aliphatic heterocycles.